The minimum absolute atomic E-state index is 0.0737. The zero-order valence-corrected chi connectivity index (χ0v) is 9.48. The van der Waals surface area contributed by atoms with Gasteiger partial charge in [0, 0.05) is 6.54 Å². The second-order valence-electron chi connectivity index (χ2n) is 3.13. The van der Waals surface area contributed by atoms with Crippen molar-refractivity contribution in [1.29, 1.82) is 0 Å². The van der Waals surface area contributed by atoms with Crippen molar-refractivity contribution in [2.24, 2.45) is 5.73 Å². The average molecular weight is 252 g/mol. The molecule has 0 aliphatic carbocycles. The maximum Gasteiger partial charge on any atom is 0.155 e. The normalized spacial score (nSPS) is 11.7. The lowest BCUT2D eigenvalue weighted by atomic mass is 10.2. The van der Waals surface area contributed by atoms with Gasteiger partial charge in [-0.3, -0.25) is 0 Å². The number of hydrogen-bond acceptors (Lipinski definition) is 3. The molecule has 0 atom stereocenters. The van der Waals surface area contributed by atoms with Crippen molar-refractivity contribution in [2.75, 3.05) is 12.3 Å². The van der Waals surface area contributed by atoms with Gasteiger partial charge in [0.2, 0.25) is 0 Å². The standard InChI is InChI=1S/C9H11ClFNO2S/c10-8-5-7(1-2-9(8)11)6-15(13,14)4-3-12/h1-2,5H,3-4,6,12H2. The second-order valence-corrected chi connectivity index (χ2v) is 5.72. The van der Waals surface area contributed by atoms with E-state index in [4.69, 9.17) is 17.3 Å². The highest BCUT2D eigenvalue weighted by Crippen LogP contribution is 2.17. The molecule has 1 aromatic carbocycles. The molecular formula is C9H11ClFNO2S. The highest BCUT2D eigenvalue weighted by molar-refractivity contribution is 7.90. The van der Waals surface area contributed by atoms with Crippen LogP contribution in [0.4, 0.5) is 4.39 Å². The maximum absolute atomic E-state index is 12.8. The van der Waals surface area contributed by atoms with Crippen molar-refractivity contribution in [3.8, 4) is 0 Å². The first kappa shape index (κ1) is 12.4. The van der Waals surface area contributed by atoms with Crippen LogP contribution in [0.5, 0.6) is 0 Å². The molecule has 15 heavy (non-hydrogen) atoms. The zero-order valence-electron chi connectivity index (χ0n) is 7.91. The monoisotopic (exact) mass is 251 g/mol. The van der Waals surface area contributed by atoms with E-state index >= 15 is 0 Å². The van der Waals surface area contributed by atoms with E-state index in [1.165, 1.54) is 12.1 Å². The Balaban J connectivity index is 2.86. The van der Waals surface area contributed by atoms with Gasteiger partial charge in [0.05, 0.1) is 16.5 Å². The third-order valence-corrected chi connectivity index (χ3v) is 3.72. The lowest BCUT2D eigenvalue weighted by Gasteiger charge is -2.03. The van der Waals surface area contributed by atoms with Crippen LogP contribution >= 0.6 is 11.6 Å². The fraction of sp³-hybridized carbons (Fsp3) is 0.333. The lowest BCUT2D eigenvalue weighted by molar-refractivity contribution is 0.594. The van der Waals surface area contributed by atoms with Crippen LogP contribution in [0, 0.1) is 5.82 Å². The first-order valence-electron chi connectivity index (χ1n) is 4.29. The van der Waals surface area contributed by atoms with Gasteiger partial charge in [0.15, 0.2) is 9.84 Å². The molecule has 0 amide bonds. The fourth-order valence-corrected chi connectivity index (χ4v) is 2.53. The molecule has 0 saturated carbocycles. The zero-order chi connectivity index (χ0) is 11.5. The average Bonchev–Trinajstić information content (AvgIpc) is 2.10. The van der Waals surface area contributed by atoms with Crippen LogP contribution in [0.1, 0.15) is 5.56 Å². The van der Waals surface area contributed by atoms with Crippen molar-refractivity contribution in [3.63, 3.8) is 0 Å². The molecule has 84 valence electrons. The van der Waals surface area contributed by atoms with E-state index in [0.29, 0.717) is 5.56 Å². The van der Waals surface area contributed by atoms with Crippen molar-refractivity contribution in [1.82, 2.24) is 0 Å². The van der Waals surface area contributed by atoms with Gasteiger partial charge < -0.3 is 5.73 Å². The van der Waals surface area contributed by atoms with Gasteiger partial charge in [-0.05, 0) is 17.7 Å². The van der Waals surface area contributed by atoms with Gasteiger partial charge in [-0.25, -0.2) is 12.8 Å². The molecule has 3 nitrogen and oxygen atoms in total. The van der Waals surface area contributed by atoms with Gasteiger partial charge in [-0.1, -0.05) is 17.7 Å². The molecule has 0 fully saturated rings. The quantitative estimate of drug-likeness (QED) is 0.879. The second kappa shape index (κ2) is 4.92. The number of hydrogen-bond donors (Lipinski definition) is 1. The Hall–Kier alpha value is -0.650. The summed E-state index contributed by atoms with van der Waals surface area (Å²) in [6.07, 6.45) is 0. The Labute approximate surface area is 93.0 Å². The highest BCUT2D eigenvalue weighted by Gasteiger charge is 2.11. The highest BCUT2D eigenvalue weighted by atomic mass is 35.5. The van der Waals surface area contributed by atoms with E-state index < -0.39 is 15.7 Å². The number of sulfone groups is 1. The van der Waals surface area contributed by atoms with E-state index in [-0.39, 0.29) is 23.1 Å². The summed E-state index contributed by atoms with van der Waals surface area (Å²) in [6, 6.07) is 3.86. The number of halogens is 2. The molecule has 0 spiro atoms. The van der Waals surface area contributed by atoms with Gasteiger partial charge in [-0.15, -0.1) is 0 Å². The molecule has 1 rings (SSSR count). The number of rotatable bonds is 4. The summed E-state index contributed by atoms with van der Waals surface area (Å²) in [5.41, 5.74) is 5.62. The summed E-state index contributed by atoms with van der Waals surface area (Å²) in [7, 11) is -3.22. The Morgan fingerprint density at radius 3 is 2.60 bits per heavy atom. The molecule has 0 unspecified atom stereocenters. The third kappa shape index (κ3) is 3.77. The molecule has 0 aliphatic rings. The van der Waals surface area contributed by atoms with Crippen LogP contribution in [-0.4, -0.2) is 20.7 Å². The lowest BCUT2D eigenvalue weighted by Crippen LogP contribution is -2.17. The molecule has 1 aromatic rings. The Bertz CT molecular complexity index is 447. The first-order valence-corrected chi connectivity index (χ1v) is 6.49. The molecule has 2 N–H and O–H groups in total. The van der Waals surface area contributed by atoms with Gasteiger partial charge >= 0.3 is 0 Å². The predicted octanol–water partition coefficient (Wildman–Crippen LogP) is 1.35. The van der Waals surface area contributed by atoms with Crippen molar-refractivity contribution >= 4 is 21.4 Å². The molecule has 0 aliphatic heterocycles. The molecule has 0 heterocycles. The maximum atomic E-state index is 12.8. The van der Waals surface area contributed by atoms with Gasteiger partial charge in [0.25, 0.3) is 0 Å². The van der Waals surface area contributed by atoms with Gasteiger partial charge in [-0.2, -0.15) is 0 Å². The summed E-state index contributed by atoms with van der Waals surface area (Å²) in [5.74, 6) is -0.803. The van der Waals surface area contributed by atoms with Crippen LogP contribution < -0.4 is 5.73 Å². The van der Waals surface area contributed by atoms with Crippen molar-refractivity contribution < 1.29 is 12.8 Å². The van der Waals surface area contributed by atoms with Crippen LogP contribution in [0.25, 0.3) is 0 Å². The van der Waals surface area contributed by atoms with Crippen LogP contribution in [0.2, 0.25) is 5.02 Å². The van der Waals surface area contributed by atoms with E-state index in [1.54, 1.807) is 0 Å². The third-order valence-electron chi connectivity index (χ3n) is 1.80. The molecule has 0 aromatic heterocycles. The SMILES string of the molecule is NCCS(=O)(=O)Cc1ccc(F)c(Cl)c1. The fourth-order valence-electron chi connectivity index (χ4n) is 1.14. The predicted molar refractivity (Wildman–Crippen MR) is 58.0 cm³/mol. The van der Waals surface area contributed by atoms with E-state index in [2.05, 4.69) is 0 Å². The van der Waals surface area contributed by atoms with Crippen molar-refractivity contribution in [2.45, 2.75) is 5.75 Å². The molecule has 0 radical (unpaired) electrons. The van der Waals surface area contributed by atoms with Crippen LogP contribution in [0.15, 0.2) is 18.2 Å². The molecule has 0 saturated heterocycles. The summed E-state index contributed by atoms with van der Waals surface area (Å²) < 4.78 is 35.5. The Morgan fingerprint density at radius 1 is 1.40 bits per heavy atom. The Morgan fingerprint density at radius 2 is 2.07 bits per heavy atom. The Kier molecular flexibility index (Phi) is 4.07. The van der Waals surface area contributed by atoms with Crippen LogP contribution in [-0.2, 0) is 15.6 Å². The number of nitrogens with two attached hydrogens (primary N) is 1. The largest absolute Gasteiger partial charge is 0.329 e. The smallest absolute Gasteiger partial charge is 0.155 e. The number of benzene rings is 1. The topological polar surface area (TPSA) is 60.2 Å². The van der Waals surface area contributed by atoms with E-state index in [1.807, 2.05) is 0 Å². The summed E-state index contributed by atoms with van der Waals surface area (Å²) >= 11 is 5.53. The van der Waals surface area contributed by atoms with Crippen molar-refractivity contribution in [3.05, 3.63) is 34.6 Å². The van der Waals surface area contributed by atoms with E-state index in [9.17, 15) is 12.8 Å². The molecule has 6 heteroatoms. The minimum Gasteiger partial charge on any atom is -0.329 e. The minimum atomic E-state index is -3.22. The van der Waals surface area contributed by atoms with Crippen LogP contribution in [0.3, 0.4) is 0 Å². The molecule has 0 bridgehead atoms. The molecular weight excluding hydrogens is 241 g/mol. The van der Waals surface area contributed by atoms with E-state index in [0.717, 1.165) is 6.07 Å². The summed E-state index contributed by atoms with van der Waals surface area (Å²) in [4.78, 5) is 0. The summed E-state index contributed by atoms with van der Waals surface area (Å²) in [5, 5.41) is -0.0737. The van der Waals surface area contributed by atoms with Gasteiger partial charge in [0.1, 0.15) is 5.82 Å². The summed E-state index contributed by atoms with van der Waals surface area (Å²) in [6.45, 7) is 0.0806. The first-order chi connectivity index (χ1) is 6.94.